The molecule has 764 valence electrons. The Bertz CT molecular complexity index is 4370. The summed E-state index contributed by atoms with van der Waals surface area (Å²) < 4.78 is 54.7. The zero-order chi connectivity index (χ0) is 101. The standard InChI is InChI=1S/C25H35ClN8O6.C20H31NO5.C19H30N2O5.C13H21NO.C7H9ClN6OS.C7H10O5.CH4.HI/c1-38-18(35)13-16(14-19(36)39-2)30-11-12-40-17-8-6-15(7-9-17)5-3-4-10-31-25(29)34-24(37)20-22(27)33-23(28)21(26)32-20;1-4-5-6-7-16-8-10-18(11-9-16)26-13-12-21-17(14-19(22)24-2)15-20(23)25-3;1-24-18(22)13-16(14-19(23)25-2)21-11-12-26-17-8-6-15(7-9-17)5-3-4-10-20;1-2-3-4-5-12-6-8-13(9-7-12)15-11-10-14;1-16-7(11)14-6(15)2-4(9)13-5(10)3(8)12-2;1-12-7(11)3-5(9)2-6(10)4-8;;/h6-9,16,30H,3-5,10-14H2,1-2H3,(H4,27,28,33)(H3,29,31,34,37);8-11,17,21H,4-7,12-15H2,1-3H3;6-9,16,21H,3-5,10-14,20H2,1-2H3;6-9H,2-5,10-11,14H2,1H3;1H3,(H4,9,10,13)(H2,11,14,15);8H,2-4H2,1H3;1H4;1H. The van der Waals surface area contributed by atoms with Crippen molar-refractivity contribution in [2.24, 2.45) is 22.2 Å². The van der Waals surface area contributed by atoms with Gasteiger partial charge in [-0.3, -0.25) is 68.5 Å². The second-order valence-electron chi connectivity index (χ2n) is 29.2. The number of amides is 2. The number of nitrogens with zero attached hydrogens (tertiary/aromatic N) is 5. The van der Waals surface area contributed by atoms with Gasteiger partial charge in [0, 0.05) is 50.8 Å². The average molecular weight is 2100 g/mol. The lowest BCUT2D eigenvalue weighted by atomic mass is 10.1. The monoisotopic (exact) mass is 2090 g/mol. The number of carbonyl (C=O) groups is 11. The van der Waals surface area contributed by atoms with Gasteiger partial charge in [0.2, 0.25) is 0 Å². The van der Waals surface area contributed by atoms with Gasteiger partial charge in [-0.2, -0.15) is 0 Å². The van der Waals surface area contributed by atoms with Crippen molar-refractivity contribution in [3.05, 3.63) is 141 Å². The first-order chi connectivity index (χ1) is 64.7. The quantitative estimate of drug-likeness (QED) is 0.00323. The van der Waals surface area contributed by atoms with E-state index in [1.54, 1.807) is 6.26 Å². The van der Waals surface area contributed by atoms with Crippen molar-refractivity contribution < 1.29 is 110 Å². The molecule has 0 bridgehead atoms. The van der Waals surface area contributed by atoms with Gasteiger partial charge in [0.1, 0.15) is 62.5 Å². The van der Waals surface area contributed by atoms with Crippen LogP contribution in [0.3, 0.4) is 0 Å². The largest absolute Gasteiger partial charge is 0.492 e. The first-order valence-electron chi connectivity index (χ1n) is 43.5. The molecule has 0 fully saturated rings. The topological polar surface area (TPSA) is 640 Å². The molecule has 0 aliphatic carbocycles. The Morgan fingerprint density at radius 2 is 0.715 bits per heavy atom. The molecular weight excluding hydrogens is 1950 g/mol. The number of nitrogen functional groups attached to an aromatic ring is 4. The van der Waals surface area contributed by atoms with Gasteiger partial charge in [0.15, 0.2) is 67.7 Å². The molecule has 137 heavy (non-hydrogen) atoms. The van der Waals surface area contributed by atoms with Crippen LogP contribution in [0.25, 0.3) is 0 Å². The van der Waals surface area contributed by atoms with Crippen molar-refractivity contribution in [2.75, 3.05) is 151 Å². The van der Waals surface area contributed by atoms with Crippen LogP contribution in [0.1, 0.15) is 180 Å². The zero-order valence-corrected chi connectivity index (χ0v) is 83.7. The van der Waals surface area contributed by atoms with E-state index in [4.69, 9.17) is 92.8 Å². The SMILES string of the molecule is C.CCCCCc1ccc(OCCN)cc1.CCCCCc1ccc(OCCNC(CC(=O)OC)CC(=O)OC)cc1.COC(=O)CC(=O)CC(=O)CO.COC(=O)CC(CC(=O)OC)NCCOc1ccc(CCCCN)cc1.COC(=O)CC(CC(=O)OC)NCCOc1ccc(CCCCN=C(N)NC(=O)c2nc(Cl)c(N)nc2N)cc1.CSC(=N)NC(=O)c1nc(Cl)c(N)nc1N.I. The number of anilines is 4. The van der Waals surface area contributed by atoms with Gasteiger partial charge in [-0.1, -0.05) is 130 Å². The molecule has 2 amide bonds. The van der Waals surface area contributed by atoms with Gasteiger partial charge < -0.3 is 119 Å². The number of aliphatic hydroxyl groups is 1. The highest BCUT2D eigenvalue weighted by molar-refractivity contribution is 14.0. The molecule has 6 rings (SSSR count). The summed E-state index contributed by atoms with van der Waals surface area (Å²) >= 11 is 12.5. The van der Waals surface area contributed by atoms with Crippen molar-refractivity contribution in [1.82, 2.24) is 46.5 Å². The van der Waals surface area contributed by atoms with Gasteiger partial charge in [-0.05, 0) is 148 Å². The number of rotatable bonds is 54. The van der Waals surface area contributed by atoms with Gasteiger partial charge >= 0.3 is 41.8 Å². The number of guanidine groups is 1. The first-order valence-corrected chi connectivity index (χ1v) is 45.5. The molecule has 45 heteroatoms. The number of aliphatic hydroxyl groups excluding tert-OH is 1. The fourth-order valence-electron chi connectivity index (χ4n) is 11.3. The van der Waals surface area contributed by atoms with Crippen LogP contribution in [0.5, 0.6) is 23.0 Å². The summed E-state index contributed by atoms with van der Waals surface area (Å²) in [7, 11) is 9.04. The molecule has 0 unspecified atom stereocenters. The number of esters is 7. The van der Waals surface area contributed by atoms with Crippen molar-refractivity contribution in [3.8, 4) is 23.0 Å². The van der Waals surface area contributed by atoms with Gasteiger partial charge in [-0.15, -0.1) is 24.0 Å². The van der Waals surface area contributed by atoms with E-state index in [1.165, 1.54) is 104 Å². The highest BCUT2D eigenvalue weighted by Gasteiger charge is 2.24. The molecule has 0 aliphatic rings. The Morgan fingerprint density at radius 3 is 1.00 bits per heavy atom. The molecule has 41 nitrogen and oxygen atoms in total. The minimum absolute atomic E-state index is 0. The number of aryl methyl sites for hydroxylation is 4. The number of aliphatic imine (C=N–C) groups is 1. The molecule has 0 radical (unpaired) electrons. The number of methoxy groups -OCH3 is 7. The Labute approximate surface area is 833 Å². The highest BCUT2D eigenvalue weighted by atomic mass is 127. The maximum Gasteiger partial charge on any atom is 0.313 e. The lowest BCUT2D eigenvalue weighted by molar-refractivity contribution is -0.145. The number of nitrogens with one attached hydrogen (secondary N) is 6. The van der Waals surface area contributed by atoms with Crippen LogP contribution in [-0.4, -0.2) is 248 Å². The Hall–Kier alpha value is -11.4. The van der Waals surface area contributed by atoms with Crippen LogP contribution in [0, 0.1) is 5.41 Å². The van der Waals surface area contributed by atoms with Crippen molar-refractivity contribution in [1.29, 1.82) is 5.41 Å². The molecule has 2 aromatic heterocycles. The van der Waals surface area contributed by atoms with Gasteiger partial charge in [0.05, 0.1) is 94.7 Å². The van der Waals surface area contributed by atoms with Crippen molar-refractivity contribution >= 4 is 159 Å². The number of aromatic nitrogens is 4. The van der Waals surface area contributed by atoms with E-state index in [1.807, 2.05) is 60.7 Å². The van der Waals surface area contributed by atoms with Crippen LogP contribution >= 0.6 is 58.9 Å². The predicted octanol–water partition coefficient (Wildman–Crippen LogP) is 8.54. The molecule has 0 saturated heterocycles. The van der Waals surface area contributed by atoms with E-state index in [0.29, 0.717) is 64.9 Å². The molecular formula is C92H141Cl2IN18O23S. The maximum absolute atomic E-state index is 12.3. The van der Waals surface area contributed by atoms with E-state index >= 15 is 0 Å². The van der Waals surface area contributed by atoms with Crippen molar-refractivity contribution in [2.45, 2.75) is 181 Å². The number of hydrogen-bond donors (Lipinski definition) is 14. The Kier molecular flexibility index (Phi) is 73.2. The van der Waals surface area contributed by atoms with E-state index < -0.39 is 66.8 Å². The molecule has 0 aliphatic heterocycles. The fraction of sp³-hybridized carbons (Fsp3) is 0.511. The average Bonchev–Trinajstić information content (AvgIpc) is 0.837. The molecule has 0 spiro atoms. The lowest BCUT2D eigenvalue weighted by Crippen LogP contribution is -2.38. The minimum atomic E-state index is -0.687. The smallest absolute Gasteiger partial charge is 0.313 e. The number of ether oxygens (including phenoxy) is 11. The van der Waals surface area contributed by atoms with Crippen LogP contribution in [0.4, 0.5) is 23.3 Å². The second-order valence-corrected chi connectivity index (χ2v) is 30.7. The van der Waals surface area contributed by atoms with Gasteiger partial charge in [-0.25, -0.2) is 19.9 Å². The number of unbranched alkanes of at least 4 members (excludes halogenated alkanes) is 6. The Morgan fingerprint density at radius 1 is 0.416 bits per heavy atom. The molecule has 4 aromatic carbocycles. The number of amidine groups is 1. The van der Waals surface area contributed by atoms with E-state index in [2.05, 4.69) is 135 Å². The normalized spacial score (nSPS) is 10.4. The number of carbonyl (C=O) groups excluding carboxylic acids is 11. The number of halogens is 3. The van der Waals surface area contributed by atoms with Crippen LogP contribution in [0.15, 0.2) is 102 Å². The molecule has 2 heterocycles. The summed E-state index contributed by atoms with van der Waals surface area (Å²) in [6.07, 6.45) is 16.7. The number of Topliss-reactive ketones (excluding diaryl/α,β-unsaturated/α-hetero) is 2. The second kappa shape index (κ2) is 78.6. The van der Waals surface area contributed by atoms with Crippen LogP contribution in [-0.2, 0) is 102 Å². The summed E-state index contributed by atoms with van der Waals surface area (Å²) in [5.74, 6) is -2.75. The first kappa shape index (κ1) is 128. The molecule has 0 saturated carbocycles. The van der Waals surface area contributed by atoms with Crippen LogP contribution < -0.4 is 85.7 Å². The van der Waals surface area contributed by atoms with Crippen LogP contribution in [0.2, 0.25) is 10.3 Å². The molecule has 0 atom stereocenters. The Balaban J connectivity index is 0. The molecule has 6 aromatic rings. The number of ketones is 2. The number of hydrogen-bond acceptors (Lipinski definition) is 39. The summed E-state index contributed by atoms with van der Waals surface area (Å²) in [5, 5.41) is 29.3. The number of nitrogens with two attached hydrogens (primary N) is 7. The fourth-order valence-corrected chi connectivity index (χ4v) is 11.8. The zero-order valence-electron chi connectivity index (χ0n) is 79.1. The number of thioether (sulfide) groups is 1. The minimum Gasteiger partial charge on any atom is -0.492 e. The predicted molar refractivity (Wildman–Crippen MR) is 538 cm³/mol. The van der Waals surface area contributed by atoms with Gasteiger partial charge in [0.25, 0.3) is 11.8 Å². The third kappa shape index (κ3) is 61.4. The summed E-state index contributed by atoms with van der Waals surface area (Å²) in [4.78, 5) is 143. The summed E-state index contributed by atoms with van der Waals surface area (Å²) in [5.41, 5.74) is 43.4. The third-order valence-corrected chi connectivity index (χ3v) is 19.7. The summed E-state index contributed by atoms with van der Waals surface area (Å²) in [6.45, 7) is 8.69. The molecule has 21 N–H and O–H groups in total. The maximum atomic E-state index is 12.3. The number of benzene rings is 4. The lowest BCUT2D eigenvalue weighted by Gasteiger charge is -2.16. The van der Waals surface area contributed by atoms with E-state index in [9.17, 15) is 52.7 Å². The third-order valence-electron chi connectivity index (χ3n) is 18.6. The van der Waals surface area contributed by atoms with Crippen molar-refractivity contribution in [3.63, 3.8) is 0 Å². The summed E-state index contributed by atoms with van der Waals surface area (Å²) in [6, 6.07) is 31.1. The van der Waals surface area contributed by atoms with E-state index in [0.717, 1.165) is 93.2 Å². The van der Waals surface area contributed by atoms with E-state index in [-0.39, 0.29) is 162 Å². The highest BCUT2D eigenvalue weighted by Crippen LogP contribution is 2.22.